The van der Waals surface area contributed by atoms with E-state index < -0.39 is 5.63 Å². The number of carbonyl (C=O) groups is 1. The minimum atomic E-state index is -0.523. The number of hydrogen-bond donors (Lipinski definition) is 1. The number of phenolic OH excluding ortho intramolecular Hbond substituents is 1. The lowest BCUT2D eigenvalue weighted by Crippen LogP contribution is -2.24. The van der Waals surface area contributed by atoms with E-state index in [0.717, 1.165) is 6.42 Å². The number of Topliss-reactive ketones (excluding diaryl/α,β-unsaturated/α-hetero) is 1. The first-order chi connectivity index (χ1) is 10.0. The molecule has 0 bridgehead atoms. The summed E-state index contributed by atoms with van der Waals surface area (Å²) in [5, 5.41) is 10.7. The monoisotopic (exact) mass is 288 g/mol. The third-order valence-corrected chi connectivity index (χ3v) is 3.64. The van der Waals surface area contributed by atoms with Crippen molar-refractivity contribution >= 4 is 16.8 Å². The van der Waals surface area contributed by atoms with Crippen LogP contribution in [0.2, 0.25) is 0 Å². The molecule has 1 aromatic carbocycles. The third-order valence-electron chi connectivity index (χ3n) is 3.64. The zero-order valence-electron chi connectivity index (χ0n) is 11.9. The first kappa shape index (κ1) is 13.7. The summed E-state index contributed by atoms with van der Waals surface area (Å²) in [4.78, 5) is 24.0. The van der Waals surface area contributed by atoms with E-state index in [-0.39, 0.29) is 41.0 Å². The number of ketones is 1. The predicted molar refractivity (Wildman–Crippen MR) is 77.2 cm³/mol. The number of phenols is 1. The van der Waals surface area contributed by atoms with Crippen LogP contribution in [0.1, 0.15) is 42.6 Å². The standard InChI is InChI=1S/C16H16O5/c1-3-4-9-6-13(19)21-16-14(9)11(18)7-12-15(16)10(17)5-8(2)20-12/h6-8,18H,3-5H2,1-2H3/t8-/m1/s1. The lowest BCUT2D eigenvalue weighted by atomic mass is 9.95. The molecule has 1 aliphatic heterocycles. The van der Waals surface area contributed by atoms with Gasteiger partial charge in [-0.05, 0) is 18.9 Å². The maximum absolute atomic E-state index is 12.3. The number of rotatable bonds is 2. The van der Waals surface area contributed by atoms with Gasteiger partial charge in [0.25, 0.3) is 0 Å². The fourth-order valence-corrected chi connectivity index (χ4v) is 2.82. The summed E-state index contributed by atoms with van der Waals surface area (Å²) < 4.78 is 10.8. The van der Waals surface area contributed by atoms with Crippen LogP contribution in [0.15, 0.2) is 21.3 Å². The molecule has 0 radical (unpaired) electrons. The Balaban J connectivity index is 2.40. The van der Waals surface area contributed by atoms with Gasteiger partial charge in [-0.25, -0.2) is 4.79 Å². The molecule has 0 saturated carbocycles. The highest BCUT2D eigenvalue weighted by atomic mass is 16.5. The topological polar surface area (TPSA) is 76.7 Å². The van der Waals surface area contributed by atoms with E-state index in [1.807, 2.05) is 6.92 Å². The summed E-state index contributed by atoms with van der Waals surface area (Å²) in [5.41, 5.74) is 0.564. The summed E-state index contributed by atoms with van der Waals surface area (Å²) in [7, 11) is 0. The summed E-state index contributed by atoms with van der Waals surface area (Å²) in [6.45, 7) is 3.76. The summed E-state index contributed by atoms with van der Waals surface area (Å²) in [6, 6.07) is 2.80. The summed E-state index contributed by atoms with van der Waals surface area (Å²) in [5.74, 6) is 0.115. The molecule has 3 rings (SSSR count). The molecule has 5 heteroatoms. The first-order valence-corrected chi connectivity index (χ1v) is 7.03. The van der Waals surface area contributed by atoms with E-state index in [4.69, 9.17) is 9.15 Å². The minimum absolute atomic E-state index is 0.0298. The second-order valence-electron chi connectivity index (χ2n) is 5.37. The Labute approximate surface area is 121 Å². The van der Waals surface area contributed by atoms with Crippen molar-refractivity contribution in [1.82, 2.24) is 0 Å². The second kappa shape index (κ2) is 4.91. The summed E-state index contributed by atoms with van der Waals surface area (Å²) >= 11 is 0. The van der Waals surface area contributed by atoms with Crippen molar-refractivity contribution in [3.05, 3.63) is 33.7 Å². The number of aryl methyl sites for hydroxylation is 1. The average Bonchev–Trinajstić information content (AvgIpc) is 2.36. The third kappa shape index (κ3) is 2.18. The van der Waals surface area contributed by atoms with Crippen molar-refractivity contribution in [1.29, 1.82) is 0 Å². The first-order valence-electron chi connectivity index (χ1n) is 7.03. The molecule has 1 aromatic heterocycles. The highest BCUT2D eigenvalue weighted by molar-refractivity contribution is 6.11. The van der Waals surface area contributed by atoms with Crippen molar-refractivity contribution in [2.45, 2.75) is 39.2 Å². The van der Waals surface area contributed by atoms with Crippen LogP contribution in [0.4, 0.5) is 0 Å². The van der Waals surface area contributed by atoms with Gasteiger partial charge in [-0.1, -0.05) is 13.3 Å². The van der Waals surface area contributed by atoms with E-state index in [1.54, 1.807) is 6.92 Å². The van der Waals surface area contributed by atoms with Crippen LogP contribution >= 0.6 is 0 Å². The highest BCUT2D eigenvalue weighted by Crippen LogP contribution is 2.40. The molecule has 0 saturated heterocycles. The van der Waals surface area contributed by atoms with Crippen molar-refractivity contribution in [3.63, 3.8) is 0 Å². The van der Waals surface area contributed by atoms with Crippen molar-refractivity contribution in [2.24, 2.45) is 0 Å². The zero-order chi connectivity index (χ0) is 15.1. The Hall–Kier alpha value is -2.30. The Morgan fingerprint density at radius 2 is 2.10 bits per heavy atom. The molecule has 0 amide bonds. The molecule has 21 heavy (non-hydrogen) atoms. The van der Waals surface area contributed by atoms with Gasteiger partial charge < -0.3 is 14.3 Å². The molecule has 1 atom stereocenters. The van der Waals surface area contributed by atoms with E-state index in [1.165, 1.54) is 12.1 Å². The average molecular weight is 288 g/mol. The smallest absolute Gasteiger partial charge is 0.336 e. The highest BCUT2D eigenvalue weighted by Gasteiger charge is 2.29. The van der Waals surface area contributed by atoms with Crippen LogP contribution in [0.5, 0.6) is 11.5 Å². The number of benzene rings is 1. The zero-order valence-corrected chi connectivity index (χ0v) is 11.9. The number of ether oxygens (including phenoxy) is 1. The summed E-state index contributed by atoms with van der Waals surface area (Å²) in [6.07, 6.45) is 1.41. The Morgan fingerprint density at radius 3 is 2.81 bits per heavy atom. The molecule has 2 aromatic rings. The molecule has 0 unspecified atom stereocenters. The van der Waals surface area contributed by atoms with Crippen molar-refractivity contribution in [3.8, 4) is 11.5 Å². The molecule has 0 spiro atoms. The maximum atomic E-state index is 12.3. The SMILES string of the molecule is CCCc1cc(=O)oc2c3c(cc(O)c12)O[C@H](C)CC3=O. The fourth-order valence-electron chi connectivity index (χ4n) is 2.82. The van der Waals surface area contributed by atoms with Crippen LogP contribution < -0.4 is 10.4 Å². The molecular weight excluding hydrogens is 272 g/mol. The van der Waals surface area contributed by atoms with Gasteiger partial charge in [-0.3, -0.25) is 4.79 Å². The Bertz CT molecular complexity index is 787. The Morgan fingerprint density at radius 1 is 1.33 bits per heavy atom. The van der Waals surface area contributed by atoms with E-state index in [0.29, 0.717) is 17.4 Å². The van der Waals surface area contributed by atoms with Gasteiger partial charge >= 0.3 is 5.63 Å². The van der Waals surface area contributed by atoms with Crippen molar-refractivity contribution < 1.29 is 19.1 Å². The molecule has 110 valence electrons. The molecule has 2 heterocycles. The van der Waals surface area contributed by atoms with E-state index in [2.05, 4.69) is 0 Å². The van der Waals surface area contributed by atoms with Crippen LogP contribution in [-0.2, 0) is 6.42 Å². The number of fused-ring (bicyclic) bond motifs is 3. The van der Waals surface area contributed by atoms with Gasteiger partial charge in [0, 0.05) is 18.6 Å². The van der Waals surface area contributed by atoms with Gasteiger partial charge in [0.1, 0.15) is 23.2 Å². The molecule has 1 N–H and O–H groups in total. The van der Waals surface area contributed by atoms with Gasteiger partial charge in [-0.15, -0.1) is 0 Å². The number of hydrogen-bond acceptors (Lipinski definition) is 5. The fraction of sp³-hybridized carbons (Fsp3) is 0.375. The lowest BCUT2D eigenvalue weighted by molar-refractivity contribution is 0.0871. The van der Waals surface area contributed by atoms with Crippen LogP contribution in [0.25, 0.3) is 11.0 Å². The van der Waals surface area contributed by atoms with Crippen LogP contribution in [-0.4, -0.2) is 17.0 Å². The minimum Gasteiger partial charge on any atom is -0.507 e. The van der Waals surface area contributed by atoms with Crippen LogP contribution in [0, 0.1) is 0 Å². The van der Waals surface area contributed by atoms with Gasteiger partial charge in [0.05, 0.1) is 5.39 Å². The number of carbonyl (C=O) groups excluding carboxylic acids is 1. The van der Waals surface area contributed by atoms with E-state index >= 15 is 0 Å². The molecule has 5 nitrogen and oxygen atoms in total. The quantitative estimate of drug-likeness (QED) is 0.860. The normalized spacial score (nSPS) is 17.6. The van der Waals surface area contributed by atoms with Gasteiger partial charge in [-0.2, -0.15) is 0 Å². The molecule has 1 aliphatic rings. The van der Waals surface area contributed by atoms with Gasteiger partial charge in [0.2, 0.25) is 0 Å². The molecule has 0 fully saturated rings. The predicted octanol–water partition coefficient (Wildman–Crippen LogP) is 2.80. The molecule has 0 aliphatic carbocycles. The number of aromatic hydroxyl groups is 1. The maximum Gasteiger partial charge on any atom is 0.336 e. The lowest BCUT2D eigenvalue weighted by Gasteiger charge is -2.23. The largest absolute Gasteiger partial charge is 0.507 e. The van der Waals surface area contributed by atoms with E-state index in [9.17, 15) is 14.7 Å². The Kier molecular flexibility index (Phi) is 3.20. The molecular formula is C16H16O5. The second-order valence-corrected chi connectivity index (χ2v) is 5.37. The van der Waals surface area contributed by atoms with Crippen LogP contribution in [0.3, 0.4) is 0 Å². The van der Waals surface area contributed by atoms with Gasteiger partial charge in [0.15, 0.2) is 11.4 Å². The van der Waals surface area contributed by atoms with Crippen molar-refractivity contribution in [2.75, 3.05) is 0 Å².